The first-order valence-electron chi connectivity index (χ1n) is 8.33. The number of para-hydroxylation sites is 1. The van der Waals surface area contributed by atoms with Crippen molar-refractivity contribution in [3.63, 3.8) is 0 Å². The number of benzene rings is 2. The molecule has 0 fully saturated rings. The Morgan fingerprint density at radius 3 is 2.67 bits per heavy atom. The van der Waals surface area contributed by atoms with Gasteiger partial charge in [-0.3, -0.25) is 9.78 Å². The van der Waals surface area contributed by atoms with E-state index in [0.29, 0.717) is 29.8 Å². The molecule has 1 aliphatic rings. The van der Waals surface area contributed by atoms with Gasteiger partial charge in [0.1, 0.15) is 0 Å². The van der Waals surface area contributed by atoms with Crippen molar-refractivity contribution in [3.05, 3.63) is 77.5 Å². The molecule has 2 heterocycles. The van der Waals surface area contributed by atoms with Gasteiger partial charge < -0.3 is 0 Å². The molecule has 0 atom stereocenters. The van der Waals surface area contributed by atoms with Crippen LogP contribution in [0.1, 0.15) is 27.9 Å². The summed E-state index contributed by atoms with van der Waals surface area (Å²) in [4.78, 5) is 17.0. The van der Waals surface area contributed by atoms with Crippen LogP contribution in [0.5, 0.6) is 0 Å². The van der Waals surface area contributed by atoms with Crippen LogP contribution in [0, 0.1) is 0 Å². The summed E-state index contributed by atoms with van der Waals surface area (Å²) in [5.41, 5.74) is 1.28. The lowest BCUT2D eigenvalue weighted by Gasteiger charge is -2.11. The molecule has 0 bridgehead atoms. The maximum atomic E-state index is 12.9. The number of carbonyl (C=O) groups is 1. The van der Waals surface area contributed by atoms with E-state index < -0.39 is 11.7 Å². The van der Waals surface area contributed by atoms with Gasteiger partial charge in [-0.25, -0.2) is 5.01 Å². The number of amides is 1. The number of nitrogens with zero attached hydrogens (tertiary/aromatic N) is 3. The topological polar surface area (TPSA) is 45.6 Å². The van der Waals surface area contributed by atoms with Crippen molar-refractivity contribution in [1.82, 2.24) is 9.99 Å². The fraction of sp³-hybridized carbons (Fsp3) is 0.150. The number of carbonyl (C=O) groups excluding carboxylic acids is 1. The molecule has 3 aromatic rings. The Kier molecular flexibility index (Phi) is 4.14. The van der Waals surface area contributed by atoms with Gasteiger partial charge in [0.2, 0.25) is 0 Å². The third-order valence-corrected chi connectivity index (χ3v) is 4.40. The lowest BCUT2D eigenvalue weighted by Crippen LogP contribution is -2.23. The Morgan fingerprint density at radius 2 is 1.85 bits per heavy atom. The van der Waals surface area contributed by atoms with Crippen LogP contribution >= 0.6 is 0 Å². The minimum absolute atomic E-state index is 0.317. The van der Waals surface area contributed by atoms with Gasteiger partial charge >= 0.3 is 6.18 Å². The summed E-state index contributed by atoms with van der Waals surface area (Å²) in [6.45, 7) is 0.317. The van der Waals surface area contributed by atoms with Crippen molar-refractivity contribution in [1.29, 1.82) is 0 Å². The van der Waals surface area contributed by atoms with Gasteiger partial charge in [0.25, 0.3) is 5.91 Å². The molecule has 1 aromatic heterocycles. The normalized spacial score (nSPS) is 14.5. The molecule has 2 aromatic carbocycles. The smallest absolute Gasteiger partial charge is 0.267 e. The summed E-state index contributed by atoms with van der Waals surface area (Å²) in [7, 11) is 0. The van der Waals surface area contributed by atoms with Crippen LogP contribution in [0.25, 0.3) is 10.9 Å². The first-order chi connectivity index (χ1) is 12.9. The average molecular weight is 369 g/mol. The summed E-state index contributed by atoms with van der Waals surface area (Å²) in [5, 5.41) is 6.36. The number of fused-ring (bicyclic) bond motifs is 1. The summed E-state index contributed by atoms with van der Waals surface area (Å²) in [6, 6.07) is 14.2. The molecule has 0 N–H and O–H groups in total. The van der Waals surface area contributed by atoms with E-state index in [9.17, 15) is 18.0 Å². The van der Waals surface area contributed by atoms with E-state index in [0.717, 1.165) is 23.0 Å². The standard InChI is InChI=1S/C20H14F3N3O/c21-20(22,23)16-6-3-5-14(11-16)18-8-9-26(25-18)19(27)15-10-13-4-1-2-7-17(13)24-12-15/h1-7,10-12H,8-9H2. The second-order valence-electron chi connectivity index (χ2n) is 6.22. The summed E-state index contributed by atoms with van der Waals surface area (Å²) < 4.78 is 38.7. The molecule has 0 aliphatic carbocycles. The summed E-state index contributed by atoms with van der Waals surface area (Å²) >= 11 is 0. The maximum Gasteiger partial charge on any atom is 0.416 e. The van der Waals surface area contributed by atoms with Crippen molar-refractivity contribution in [2.24, 2.45) is 5.10 Å². The van der Waals surface area contributed by atoms with E-state index in [1.807, 2.05) is 24.3 Å². The van der Waals surface area contributed by atoms with Gasteiger partial charge in [0.15, 0.2) is 0 Å². The Labute approximate surface area is 152 Å². The van der Waals surface area contributed by atoms with E-state index in [1.54, 1.807) is 12.1 Å². The van der Waals surface area contributed by atoms with Crippen LogP contribution < -0.4 is 0 Å². The largest absolute Gasteiger partial charge is 0.416 e. The second-order valence-corrected chi connectivity index (χ2v) is 6.22. The molecule has 4 rings (SSSR count). The number of alkyl halides is 3. The second kappa shape index (κ2) is 6.50. The average Bonchev–Trinajstić information content (AvgIpc) is 3.17. The number of hydrogen-bond acceptors (Lipinski definition) is 3. The Morgan fingerprint density at radius 1 is 1.04 bits per heavy atom. The highest BCUT2D eigenvalue weighted by atomic mass is 19.4. The highest BCUT2D eigenvalue weighted by Gasteiger charge is 2.31. The highest BCUT2D eigenvalue weighted by Crippen LogP contribution is 2.30. The molecule has 0 radical (unpaired) electrons. The van der Waals surface area contributed by atoms with Crippen molar-refractivity contribution < 1.29 is 18.0 Å². The van der Waals surface area contributed by atoms with E-state index in [4.69, 9.17) is 0 Å². The Balaban J connectivity index is 1.60. The van der Waals surface area contributed by atoms with Crippen molar-refractivity contribution >= 4 is 22.5 Å². The highest BCUT2D eigenvalue weighted by molar-refractivity contribution is 6.05. The molecule has 136 valence electrons. The molecule has 0 saturated heterocycles. The lowest BCUT2D eigenvalue weighted by molar-refractivity contribution is -0.137. The van der Waals surface area contributed by atoms with Crippen LogP contribution in [0.4, 0.5) is 13.2 Å². The molecule has 1 amide bonds. The molecule has 1 aliphatic heterocycles. The molecule has 4 nitrogen and oxygen atoms in total. The van der Waals surface area contributed by atoms with Gasteiger partial charge in [0, 0.05) is 18.0 Å². The van der Waals surface area contributed by atoms with Gasteiger partial charge in [-0.1, -0.05) is 30.3 Å². The summed E-state index contributed by atoms with van der Waals surface area (Å²) in [5.74, 6) is -0.324. The first kappa shape index (κ1) is 17.2. The van der Waals surface area contributed by atoms with E-state index in [2.05, 4.69) is 10.1 Å². The third kappa shape index (κ3) is 3.40. The zero-order chi connectivity index (χ0) is 19.0. The fourth-order valence-electron chi connectivity index (χ4n) is 3.02. The lowest BCUT2D eigenvalue weighted by atomic mass is 10.0. The zero-order valence-corrected chi connectivity index (χ0v) is 14.1. The van der Waals surface area contributed by atoms with Gasteiger partial charge in [-0.2, -0.15) is 18.3 Å². The van der Waals surface area contributed by atoms with Gasteiger partial charge in [0.05, 0.1) is 28.9 Å². The van der Waals surface area contributed by atoms with Crippen molar-refractivity contribution in [2.45, 2.75) is 12.6 Å². The number of pyridine rings is 1. The predicted molar refractivity (Wildman–Crippen MR) is 95.4 cm³/mol. The number of hydrazone groups is 1. The Hall–Kier alpha value is -3.22. The Bertz CT molecular complexity index is 1060. The molecule has 0 spiro atoms. The van der Waals surface area contributed by atoms with Gasteiger partial charge in [-0.05, 0) is 29.8 Å². The molecular formula is C20H14F3N3O. The third-order valence-electron chi connectivity index (χ3n) is 4.40. The number of aromatic nitrogens is 1. The molecular weight excluding hydrogens is 355 g/mol. The molecule has 0 saturated carbocycles. The molecule has 7 heteroatoms. The van der Waals surface area contributed by atoms with Crippen LogP contribution in [-0.2, 0) is 6.18 Å². The van der Waals surface area contributed by atoms with Crippen molar-refractivity contribution in [2.75, 3.05) is 6.54 Å². The molecule has 0 unspecified atom stereocenters. The zero-order valence-electron chi connectivity index (χ0n) is 14.1. The van der Waals surface area contributed by atoms with E-state index in [-0.39, 0.29) is 5.91 Å². The van der Waals surface area contributed by atoms with Crippen LogP contribution in [0.3, 0.4) is 0 Å². The van der Waals surface area contributed by atoms with Crippen LogP contribution in [0.2, 0.25) is 0 Å². The monoisotopic (exact) mass is 369 g/mol. The number of rotatable bonds is 2. The fourth-order valence-corrected chi connectivity index (χ4v) is 3.02. The molecule has 27 heavy (non-hydrogen) atoms. The van der Waals surface area contributed by atoms with Gasteiger partial charge in [-0.15, -0.1) is 0 Å². The van der Waals surface area contributed by atoms with E-state index in [1.165, 1.54) is 17.3 Å². The first-order valence-corrected chi connectivity index (χ1v) is 8.33. The van der Waals surface area contributed by atoms with Crippen LogP contribution in [-0.4, -0.2) is 28.2 Å². The minimum atomic E-state index is -4.42. The van der Waals surface area contributed by atoms with Crippen LogP contribution in [0.15, 0.2) is 65.9 Å². The summed E-state index contributed by atoms with van der Waals surface area (Å²) in [6.07, 6.45) is -2.53. The minimum Gasteiger partial charge on any atom is -0.267 e. The predicted octanol–water partition coefficient (Wildman–Crippen LogP) is 4.50. The van der Waals surface area contributed by atoms with Crippen molar-refractivity contribution in [3.8, 4) is 0 Å². The quantitative estimate of drug-likeness (QED) is 0.668. The maximum absolute atomic E-state index is 12.9. The number of halogens is 3. The SMILES string of the molecule is O=C(c1cnc2ccccc2c1)N1CCC(c2cccc(C(F)(F)F)c2)=N1. The van der Waals surface area contributed by atoms with E-state index >= 15 is 0 Å². The number of hydrogen-bond donors (Lipinski definition) is 0.